The van der Waals surface area contributed by atoms with Crippen molar-refractivity contribution in [2.45, 2.75) is 78.2 Å². The second-order valence-corrected chi connectivity index (χ2v) is 7.20. The number of likely N-dealkylation sites (tertiary alicyclic amines) is 1. The van der Waals surface area contributed by atoms with Gasteiger partial charge in [-0.15, -0.1) is 0 Å². The van der Waals surface area contributed by atoms with Gasteiger partial charge in [-0.25, -0.2) is 0 Å². The van der Waals surface area contributed by atoms with Crippen LogP contribution in [0.15, 0.2) is 0 Å². The van der Waals surface area contributed by atoms with Crippen molar-refractivity contribution in [1.82, 2.24) is 4.90 Å². The Balaban J connectivity index is 2.03. The van der Waals surface area contributed by atoms with E-state index in [1.807, 2.05) is 0 Å². The van der Waals surface area contributed by atoms with E-state index in [1.165, 1.54) is 58.0 Å². The van der Waals surface area contributed by atoms with Gasteiger partial charge in [0.15, 0.2) is 0 Å². The molecular formula is C18H32N2. The van der Waals surface area contributed by atoms with E-state index in [9.17, 15) is 5.26 Å². The summed E-state index contributed by atoms with van der Waals surface area (Å²) < 4.78 is 0. The zero-order valence-corrected chi connectivity index (χ0v) is 13.7. The second-order valence-electron chi connectivity index (χ2n) is 7.20. The average molecular weight is 276 g/mol. The van der Waals surface area contributed by atoms with Gasteiger partial charge >= 0.3 is 0 Å². The van der Waals surface area contributed by atoms with Gasteiger partial charge in [-0.2, -0.15) is 5.26 Å². The molecule has 0 aromatic carbocycles. The molecule has 1 saturated heterocycles. The van der Waals surface area contributed by atoms with Crippen molar-refractivity contribution in [2.75, 3.05) is 13.1 Å². The van der Waals surface area contributed by atoms with Crippen LogP contribution in [0.3, 0.4) is 0 Å². The van der Waals surface area contributed by atoms with E-state index in [1.54, 1.807) is 0 Å². The summed E-state index contributed by atoms with van der Waals surface area (Å²) in [6.07, 6.45) is 10.3. The van der Waals surface area contributed by atoms with E-state index in [4.69, 9.17) is 0 Å². The van der Waals surface area contributed by atoms with E-state index in [0.717, 1.165) is 12.3 Å². The maximum Gasteiger partial charge on any atom is 0.0672 e. The van der Waals surface area contributed by atoms with Crippen molar-refractivity contribution in [3.05, 3.63) is 0 Å². The Morgan fingerprint density at radius 1 is 1.20 bits per heavy atom. The van der Waals surface area contributed by atoms with Crippen molar-refractivity contribution in [3.8, 4) is 6.07 Å². The molecule has 0 aromatic heterocycles. The summed E-state index contributed by atoms with van der Waals surface area (Å²) in [4.78, 5) is 2.68. The zero-order chi connectivity index (χ0) is 14.6. The highest BCUT2D eigenvalue weighted by Gasteiger charge is 2.42. The van der Waals surface area contributed by atoms with E-state index < -0.39 is 0 Å². The predicted octanol–water partition coefficient (Wildman–Crippen LogP) is 4.61. The molecule has 0 amide bonds. The first-order valence-electron chi connectivity index (χ1n) is 8.81. The van der Waals surface area contributed by atoms with E-state index >= 15 is 0 Å². The molecule has 2 nitrogen and oxygen atoms in total. The topological polar surface area (TPSA) is 27.0 Å². The first-order valence-corrected chi connectivity index (χ1v) is 8.81. The highest BCUT2D eigenvalue weighted by atomic mass is 15.2. The van der Waals surface area contributed by atoms with Crippen molar-refractivity contribution in [3.63, 3.8) is 0 Å². The molecule has 20 heavy (non-hydrogen) atoms. The van der Waals surface area contributed by atoms with Gasteiger partial charge in [0.1, 0.15) is 0 Å². The molecule has 2 heteroatoms. The van der Waals surface area contributed by atoms with Gasteiger partial charge in [0.2, 0.25) is 0 Å². The molecule has 3 unspecified atom stereocenters. The summed E-state index contributed by atoms with van der Waals surface area (Å²) in [6, 6.07) is 3.16. The average Bonchev–Trinajstić information content (AvgIpc) is 2.92. The number of hydrogen-bond acceptors (Lipinski definition) is 2. The fourth-order valence-corrected chi connectivity index (χ4v) is 4.54. The molecule has 3 atom stereocenters. The molecule has 0 radical (unpaired) electrons. The highest BCUT2D eigenvalue weighted by molar-refractivity contribution is 5.01. The number of hydrogen-bond donors (Lipinski definition) is 0. The molecule has 0 N–H and O–H groups in total. The normalized spacial score (nSPS) is 34.0. The third-order valence-corrected chi connectivity index (χ3v) is 6.22. The first kappa shape index (κ1) is 15.8. The maximum atomic E-state index is 9.51. The molecule has 1 heterocycles. The van der Waals surface area contributed by atoms with Gasteiger partial charge in [0, 0.05) is 12.6 Å². The molecule has 2 rings (SSSR count). The lowest BCUT2D eigenvalue weighted by molar-refractivity contribution is 0.105. The summed E-state index contributed by atoms with van der Waals surface area (Å²) in [7, 11) is 0. The summed E-state index contributed by atoms with van der Waals surface area (Å²) in [6.45, 7) is 9.44. The lowest BCUT2D eigenvalue weighted by Gasteiger charge is -2.39. The van der Waals surface area contributed by atoms with Crippen LogP contribution in [0, 0.1) is 28.6 Å². The van der Waals surface area contributed by atoms with Gasteiger partial charge < -0.3 is 0 Å². The Hall–Kier alpha value is -0.550. The number of nitrogens with zero attached hydrogens (tertiary/aromatic N) is 2. The summed E-state index contributed by atoms with van der Waals surface area (Å²) >= 11 is 0. The van der Waals surface area contributed by atoms with E-state index in [2.05, 4.69) is 31.7 Å². The van der Waals surface area contributed by atoms with Crippen molar-refractivity contribution < 1.29 is 0 Å². The van der Waals surface area contributed by atoms with Crippen LogP contribution in [0.2, 0.25) is 0 Å². The third-order valence-electron chi connectivity index (χ3n) is 6.22. The molecule has 2 fully saturated rings. The van der Waals surface area contributed by atoms with Crippen molar-refractivity contribution in [2.24, 2.45) is 17.3 Å². The molecule has 2 aliphatic rings. The van der Waals surface area contributed by atoms with Crippen LogP contribution in [0.1, 0.15) is 72.1 Å². The van der Waals surface area contributed by atoms with Crippen molar-refractivity contribution >= 4 is 0 Å². The van der Waals surface area contributed by atoms with E-state index in [-0.39, 0.29) is 5.92 Å². The lowest BCUT2D eigenvalue weighted by atomic mass is 9.76. The molecule has 114 valence electrons. The van der Waals surface area contributed by atoms with Crippen LogP contribution in [-0.2, 0) is 0 Å². The largest absolute Gasteiger partial charge is 0.298 e. The maximum absolute atomic E-state index is 9.51. The Morgan fingerprint density at radius 2 is 1.95 bits per heavy atom. The van der Waals surface area contributed by atoms with Crippen LogP contribution in [-0.4, -0.2) is 24.0 Å². The van der Waals surface area contributed by atoms with Crippen LogP contribution >= 0.6 is 0 Å². The fraction of sp³-hybridized carbons (Fsp3) is 0.944. The molecule has 0 spiro atoms. The third kappa shape index (κ3) is 3.19. The number of rotatable bonds is 5. The van der Waals surface area contributed by atoms with E-state index in [0.29, 0.717) is 11.5 Å². The van der Waals surface area contributed by atoms with Crippen LogP contribution < -0.4 is 0 Å². The Bertz CT molecular complexity index is 340. The Kier molecular flexibility index (Phi) is 5.49. The number of nitriles is 1. The van der Waals surface area contributed by atoms with Crippen LogP contribution in [0.25, 0.3) is 0 Å². The van der Waals surface area contributed by atoms with Gasteiger partial charge in [-0.05, 0) is 56.4 Å². The summed E-state index contributed by atoms with van der Waals surface area (Å²) in [5, 5.41) is 9.51. The summed E-state index contributed by atoms with van der Waals surface area (Å²) in [5.74, 6) is 1.15. The van der Waals surface area contributed by atoms with Gasteiger partial charge in [-0.3, -0.25) is 4.90 Å². The minimum absolute atomic E-state index is 0.285. The quantitative estimate of drug-likeness (QED) is 0.733. The molecule has 1 aliphatic heterocycles. The van der Waals surface area contributed by atoms with Gasteiger partial charge in [0.05, 0.1) is 12.0 Å². The smallest absolute Gasteiger partial charge is 0.0672 e. The fourth-order valence-electron chi connectivity index (χ4n) is 4.54. The minimum Gasteiger partial charge on any atom is -0.298 e. The summed E-state index contributed by atoms with van der Waals surface area (Å²) in [5.41, 5.74) is 0.539. The predicted molar refractivity (Wildman–Crippen MR) is 84.3 cm³/mol. The minimum atomic E-state index is 0.285. The van der Waals surface area contributed by atoms with Crippen LogP contribution in [0.5, 0.6) is 0 Å². The molecule has 0 bridgehead atoms. The van der Waals surface area contributed by atoms with Gasteiger partial charge in [-0.1, -0.05) is 33.6 Å². The van der Waals surface area contributed by atoms with Gasteiger partial charge in [0.25, 0.3) is 0 Å². The second kappa shape index (κ2) is 6.94. The highest BCUT2D eigenvalue weighted by Crippen LogP contribution is 2.42. The molecular weight excluding hydrogens is 244 g/mol. The molecule has 0 aromatic rings. The lowest BCUT2D eigenvalue weighted by Crippen LogP contribution is -2.43. The van der Waals surface area contributed by atoms with Crippen molar-refractivity contribution in [1.29, 1.82) is 5.26 Å². The molecule has 1 aliphatic carbocycles. The van der Waals surface area contributed by atoms with Crippen LogP contribution in [0.4, 0.5) is 0 Å². The monoisotopic (exact) mass is 276 g/mol. The zero-order valence-electron chi connectivity index (χ0n) is 13.7. The molecule has 1 saturated carbocycles. The Morgan fingerprint density at radius 3 is 2.50 bits per heavy atom. The first-order chi connectivity index (χ1) is 9.68. The SMILES string of the molecule is CCCC1CCC(C#N)C(N2CCC(CC)(CC)C2)C1. The standard InChI is InChI=1S/C18H32N2/c1-4-7-15-8-9-16(13-19)17(12-15)20-11-10-18(5-2,6-3)14-20/h15-17H,4-12,14H2,1-3H3. The Labute approximate surface area is 125 Å².